The van der Waals surface area contributed by atoms with Gasteiger partial charge in [-0.15, -0.1) is 0 Å². The van der Waals surface area contributed by atoms with Gasteiger partial charge in [0.1, 0.15) is 11.6 Å². The zero-order valence-corrected chi connectivity index (χ0v) is 11.4. The lowest BCUT2D eigenvalue weighted by molar-refractivity contribution is 0.345. The highest BCUT2D eigenvalue weighted by atomic mass is 15.1. The Morgan fingerprint density at radius 3 is 2.35 bits per heavy atom. The number of imidazole rings is 1. The molecule has 0 radical (unpaired) electrons. The maximum atomic E-state index is 6.26. The first-order chi connectivity index (χ1) is 8.17. The fraction of sp³-hybridized carbons (Fsp3) is 0.786. The average Bonchev–Trinajstić information content (AvgIpc) is 2.66. The quantitative estimate of drug-likeness (QED) is 0.873. The van der Waals surface area contributed by atoms with Crippen molar-refractivity contribution >= 4 is 5.82 Å². The highest BCUT2D eigenvalue weighted by molar-refractivity contribution is 5.41. The molecule has 0 bridgehead atoms. The molecule has 1 aliphatic carbocycles. The summed E-state index contributed by atoms with van der Waals surface area (Å²) in [5, 5.41) is 0. The molecule has 0 amide bonds. The first-order valence-corrected chi connectivity index (χ1v) is 7.02. The summed E-state index contributed by atoms with van der Waals surface area (Å²) >= 11 is 0. The first kappa shape index (κ1) is 12.5. The number of hydrogen-bond acceptors (Lipinski definition) is 2. The van der Waals surface area contributed by atoms with E-state index in [-0.39, 0.29) is 0 Å². The van der Waals surface area contributed by atoms with Crippen LogP contribution in [0.2, 0.25) is 0 Å². The molecule has 0 spiro atoms. The van der Waals surface area contributed by atoms with Crippen LogP contribution in [0, 0.1) is 5.92 Å². The van der Waals surface area contributed by atoms with Crippen molar-refractivity contribution in [1.82, 2.24) is 9.55 Å². The summed E-state index contributed by atoms with van der Waals surface area (Å²) in [4.78, 5) is 4.79. The van der Waals surface area contributed by atoms with E-state index in [1.54, 1.807) is 0 Å². The molecule has 96 valence electrons. The SMILES string of the molecule is CCc1nc(C2CCC(C)CC2)c(N)n1CC. The van der Waals surface area contributed by atoms with E-state index in [4.69, 9.17) is 10.7 Å². The van der Waals surface area contributed by atoms with Crippen LogP contribution in [0.3, 0.4) is 0 Å². The Kier molecular flexibility index (Phi) is 3.75. The maximum absolute atomic E-state index is 6.26. The Labute approximate surface area is 104 Å². The van der Waals surface area contributed by atoms with E-state index in [9.17, 15) is 0 Å². The third-order valence-electron chi connectivity index (χ3n) is 4.15. The van der Waals surface area contributed by atoms with Crippen molar-refractivity contribution in [3.8, 4) is 0 Å². The number of aryl methyl sites for hydroxylation is 1. The molecule has 0 atom stereocenters. The zero-order chi connectivity index (χ0) is 12.4. The lowest BCUT2D eigenvalue weighted by atomic mass is 9.81. The van der Waals surface area contributed by atoms with Crippen LogP contribution < -0.4 is 5.73 Å². The van der Waals surface area contributed by atoms with E-state index in [1.807, 2.05) is 0 Å². The van der Waals surface area contributed by atoms with E-state index in [0.29, 0.717) is 5.92 Å². The van der Waals surface area contributed by atoms with E-state index in [0.717, 1.165) is 30.5 Å². The zero-order valence-electron chi connectivity index (χ0n) is 11.4. The molecule has 0 aromatic carbocycles. The maximum Gasteiger partial charge on any atom is 0.127 e. The van der Waals surface area contributed by atoms with Crippen molar-refractivity contribution in [3.05, 3.63) is 11.5 Å². The number of anilines is 1. The molecule has 1 fully saturated rings. The van der Waals surface area contributed by atoms with Gasteiger partial charge in [0.05, 0.1) is 5.69 Å². The molecule has 17 heavy (non-hydrogen) atoms. The second kappa shape index (κ2) is 5.11. The third-order valence-corrected chi connectivity index (χ3v) is 4.15. The second-order valence-electron chi connectivity index (χ2n) is 5.35. The molecule has 2 rings (SSSR count). The molecule has 1 aliphatic rings. The molecule has 1 aromatic rings. The number of aromatic nitrogens is 2. The van der Waals surface area contributed by atoms with Gasteiger partial charge in [-0.1, -0.05) is 26.7 Å². The summed E-state index contributed by atoms with van der Waals surface area (Å²) < 4.78 is 2.17. The Morgan fingerprint density at radius 2 is 1.88 bits per heavy atom. The number of nitrogens with zero attached hydrogens (tertiary/aromatic N) is 2. The van der Waals surface area contributed by atoms with E-state index in [2.05, 4.69) is 25.3 Å². The van der Waals surface area contributed by atoms with Gasteiger partial charge in [0.25, 0.3) is 0 Å². The summed E-state index contributed by atoms with van der Waals surface area (Å²) in [5.74, 6) is 3.55. The van der Waals surface area contributed by atoms with E-state index >= 15 is 0 Å². The summed E-state index contributed by atoms with van der Waals surface area (Å²) in [7, 11) is 0. The van der Waals surface area contributed by atoms with Gasteiger partial charge < -0.3 is 10.3 Å². The van der Waals surface area contributed by atoms with Crippen molar-refractivity contribution in [2.24, 2.45) is 5.92 Å². The molecule has 0 saturated heterocycles. The Hall–Kier alpha value is -0.990. The molecule has 3 heteroatoms. The minimum absolute atomic E-state index is 0.601. The average molecular weight is 235 g/mol. The monoisotopic (exact) mass is 235 g/mol. The van der Waals surface area contributed by atoms with Crippen LogP contribution >= 0.6 is 0 Å². The standard InChI is InChI=1S/C14H25N3/c1-4-12-16-13(14(15)17(12)5-2)11-8-6-10(3)7-9-11/h10-11H,4-9,15H2,1-3H3. The molecule has 0 unspecified atom stereocenters. The highest BCUT2D eigenvalue weighted by Gasteiger charge is 2.25. The molecule has 1 heterocycles. The molecule has 2 N–H and O–H groups in total. The number of hydrogen-bond donors (Lipinski definition) is 1. The lowest BCUT2D eigenvalue weighted by Crippen LogP contribution is -2.13. The highest BCUT2D eigenvalue weighted by Crippen LogP contribution is 2.37. The summed E-state index contributed by atoms with van der Waals surface area (Å²) in [6.07, 6.45) is 6.14. The predicted molar refractivity (Wildman–Crippen MR) is 72.1 cm³/mol. The van der Waals surface area contributed by atoms with Crippen molar-refractivity contribution < 1.29 is 0 Å². The molecule has 1 aromatic heterocycles. The van der Waals surface area contributed by atoms with Crippen LogP contribution in [-0.4, -0.2) is 9.55 Å². The predicted octanol–water partition coefficient (Wildman–Crippen LogP) is 3.34. The van der Waals surface area contributed by atoms with Gasteiger partial charge >= 0.3 is 0 Å². The van der Waals surface area contributed by atoms with Crippen LogP contribution in [0.1, 0.15) is 63.9 Å². The van der Waals surface area contributed by atoms with Crippen LogP contribution in [0.4, 0.5) is 5.82 Å². The smallest absolute Gasteiger partial charge is 0.127 e. The van der Waals surface area contributed by atoms with E-state index < -0.39 is 0 Å². The van der Waals surface area contributed by atoms with Gasteiger partial charge in [0.15, 0.2) is 0 Å². The summed E-state index contributed by atoms with van der Waals surface area (Å²) in [6.45, 7) is 7.58. The van der Waals surface area contributed by atoms with Gasteiger partial charge in [0, 0.05) is 18.9 Å². The van der Waals surface area contributed by atoms with Gasteiger partial charge in [-0.25, -0.2) is 4.98 Å². The van der Waals surface area contributed by atoms with Crippen molar-refractivity contribution in [2.45, 2.75) is 65.3 Å². The lowest BCUT2D eigenvalue weighted by Gasteiger charge is -2.25. The minimum Gasteiger partial charge on any atom is -0.384 e. The van der Waals surface area contributed by atoms with Crippen molar-refractivity contribution in [1.29, 1.82) is 0 Å². The second-order valence-corrected chi connectivity index (χ2v) is 5.35. The number of nitrogens with two attached hydrogens (primary N) is 1. The summed E-state index contributed by atoms with van der Waals surface area (Å²) in [5.41, 5.74) is 7.43. The first-order valence-electron chi connectivity index (χ1n) is 7.02. The van der Waals surface area contributed by atoms with Crippen LogP contribution in [-0.2, 0) is 13.0 Å². The fourth-order valence-corrected chi connectivity index (χ4v) is 2.99. The Morgan fingerprint density at radius 1 is 1.24 bits per heavy atom. The third kappa shape index (κ3) is 2.33. The van der Waals surface area contributed by atoms with Gasteiger partial charge in [0.2, 0.25) is 0 Å². The normalized spacial score (nSPS) is 25.1. The molecular weight excluding hydrogens is 210 g/mol. The van der Waals surface area contributed by atoms with Gasteiger partial charge in [-0.2, -0.15) is 0 Å². The fourth-order valence-electron chi connectivity index (χ4n) is 2.99. The van der Waals surface area contributed by atoms with Crippen molar-refractivity contribution in [3.63, 3.8) is 0 Å². The van der Waals surface area contributed by atoms with Gasteiger partial charge in [-0.05, 0) is 25.7 Å². The number of rotatable bonds is 3. The van der Waals surface area contributed by atoms with Crippen molar-refractivity contribution in [2.75, 3.05) is 5.73 Å². The van der Waals surface area contributed by atoms with Crippen LogP contribution in [0.25, 0.3) is 0 Å². The molecule has 0 aliphatic heterocycles. The minimum atomic E-state index is 0.601. The van der Waals surface area contributed by atoms with E-state index in [1.165, 1.54) is 31.4 Å². The van der Waals surface area contributed by atoms with Gasteiger partial charge in [-0.3, -0.25) is 0 Å². The Bertz CT molecular complexity index is 373. The topological polar surface area (TPSA) is 43.8 Å². The molecule has 1 saturated carbocycles. The van der Waals surface area contributed by atoms with Crippen LogP contribution in [0.5, 0.6) is 0 Å². The summed E-state index contributed by atoms with van der Waals surface area (Å²) in [6, 6.07) is 0. The molecule has 3 nitrogen and oxygen atoms in total. The molecular formula is C14H25N3. The van der Waals surface area contributed by atoms with Crippen LogP contribution in [0.15, 0.2) is 0 Å². The Balaban J connectivity index is 2.23. The number of nitrogen functional groups attached to an aromatic ring is 1. The largest absolute Gasteiger partial charge is 0.384 e.